The highest BCUT2D eigenvalue weighted by Crippen LogP contribution is 2.34. The van der Waals surface area contributed by atoms with Gasteiger partial charge in [-0.2, -0.15) is 0 Å². The van der Waals surface area contributed by atoms with E-state index in [1.54, 1.807) is 0 Å². The van der Waals surface area contributed by atoms with E-state index in [4.69, 9.17) is 5.73 Å². The summed E-state index contributed by atoms with van der Waals surface area (Å²) >= 11 is 0. The summed E-state index contributed by atoms with van der Waals surface area (Å²) in [6.07, 6.45) is 1.31. The molecule has 0 bridgehead atoms. The van der Waals surface area contributed by atoms with Gasteiger partial charge >= 0.3 is 0 Å². The minimum atomic E-state index is 0.607. The average Bonchev–Trinajstić information content (AvgIpc) is 2.96. The van der Waals surface area contributed by atoms with Crippen molar-refractivity contribution in [2.75, 3.05) is 18.0 Å². The molecule has 3 rings (SSSR count). The van der Waals surface area contributed by atoms with Crippen LogP contribution in [0.4, 0.5) is 5.69 Å². The molecule has 2 N–H and O–H groups in total. The van der Waals surface area contributed by atoms with Gasteiger partial charge in [0, 0.05) is 30.7 Å². The summed E-state index contributed by atoms with van der Waals surface area (Å²) in [4.78, 5) is 2.55. The minimum Gasteiger partial charge on any atom is -0.371 e. The van der Waals surface area contributed by atoms with E-state index in [-0.39, 0.29) is 0 Å². The van der Waals surface area contributed by atoms with Crippen LogP contribution >= 0.6 is 0 Å². The predicted octanol–water partition coefficient (Wildman–Crippen LogP) is 3.78. The van der Waals surface area contributed by atoms with Crippen molar-refractivity contribution in [3.63, 3.8) is 0 Å². The maximum atomic E-state index is 5.87. The molecular weight excluding hydrogens is 244 g/mol. The van der Waals surface area contributed by atoms with Crippen LogP contribution in [0.2, 0.25) is 0 Å². The Balaban J connectivity index is 2.01. The largest absolute Gasteiger partial charge is 0.371 e. The van der Waals surface area contributed by atoms with Crippen LogP contribution in [0.1, 0.15) is 25.8 Å². The zero-order valence-corrected chi connectivity index (χ0v) is 12.5. The Morgan fingerprint density at radius 1 is 1.15 bits per heavy atom. The molecule has 1 heterocycles. The average molecular weight is 268 g/mol. The first kappa shape index (κ1) is 13.4. The Bertz CT molecular complexity index is 603. The first-order chi connectivity index (χ1) is 9.70. The number of benzene rings is 2. The van der Waals surface area contributed by atoms with E-state index in [0.717, 1.165) is 11.8 Å². The minimum absolute atomic E-state index is 0.607. The molecule has 2 nitrogen and oxygen atoms in total. The fourth-order valence-electron chi connectivity index (χ4n) is 3.35. The lowest BCUT2D eigenvalue weighted by molar-refractivity contribution is 0.423. The van der Waals surface area contributed by atoms with Crippen molar-refractivity contribution in [3.8, 4) is 0 Å². The summed E-state index contributed by atoms with van der Waals surface area (Å²) in [6, 6.07) is 13.1. The van der Waals surface area contributed by atoms with Crippen LogP contribution in [-0.2, 0) is 6.54 Å². The molecular formula is C18H24N2. The summed E-state index contributed by atoms with van der Waals surface area (Å²) in [5, 5.41) is 2.65. The number of nitrogens with two attached hydrogens (primary N) is 1. The fraction of sp³-hybridized carbons (Fsp3) is 0.444. The third-order valence-electron chi connectivity index (χ3n) is 4.72. The predicted molar refractivity (Wildman–Crippen MR) is 87.0 cm³/mol. The topological polar surface area (TPSA) is 29.3 Å². The summed E-state index contributed by atoms with van der Waals surface area (Å²) in [6.45, 7) is 7.64. The number of rotatable bonds is 3. The van der Waals surface area contributed by atoms with Gasteiger partial charge in [0.1, 0.15) is 0 Å². The fourth-order valence-corrected chi connectivity index (χ4v) is 3.35. The van der Waals surface area contributed by atoms with Gasteiger partial charge in [-0.15, -0.1) is 0 Å². The number of hydrogen-bond acceptors (Lipinski definition) is 2. The van der Waals surface area contributed by atoms with Gasteiger partial charge in [0.2, 0.25) is 0 Å². The van der Waals surface area contributed by atoms with Crippen molar-refractivity contribution in [1.29, 1.82) is 0 Å². The van der Waals surface area contributed by atoms with Gasteiger partial charge < -0.3 is 10.6 Å². The van der Waals surface area contributed by atoms with Crippen LogP contribution in [0.25, 0.3) is 10.8 Å². The number of anilines is 1. The molecule has 2 aromatic rings. The SMILES string of the molecule is CC(C)C1CCN(c2ccc(CN)c3ccccc23)C1. The molecule has 1 atom stereocenters. The van der Waals surface area contributed by atoms with Gasteiger partial charge in [-0.3, -0.25) is 0 Å². The lowest BCUT2D eigenvalue weighted by Gasteiger charge is -2.22. The van der Waals surface area contributed by atoms with E-state index in [1.165, 1.54) is 41.5 Å². The Kier molecular flexibility index (Phi) is 3.66. The summed E-state index contributed by atoms with van der Waals surface area (Å²) in [7, 11) is 0. The molecule has 0 saturated carbocycles. The zero-order valence-electron chi connectivity index (χ0n) is 12.5. The first-order valence-corrected chi connectivity index (χ1v) is 7.66. The maximum absolute atomic E-state index is 5.87. The van der Waals surface area contributed by atoms with E-state index in [1.807, 2.05) is 0 Å². The van der Waals surface area contributed by atoms with Gasteiger partial charge in [-0.05, 0) is 35.3 Å². The molecule has 0 spiro atoms. The number of nitrogens with zero attached hydrogens (tertiary/aromatic N) is 1. The Morgan fingerprint density at radius 3 is 2.55 bits per heavy atom. The van der Waals surface area contributed by atoms with Crippen molar-refractivity contribution >= 4 is 16.5 Å². The molecule has 2 heteroatoms. The molecule has 0 radical (unpaired) electrons. The summed E-state index contributed by atoms with van der Waals surface area (Å²) < 4.78 is 0. The van der Waals surface area contributed by atoms with E-state index in [9.17, 15) is 0 Å². The van der Waals surface area contributed by atoms with Crippen molar-refractivity contribution in [1.82, 2.24) is 0 Å². The van der Waals surface area contributed by atoms with E-state index >= 15 is 0 Å². The van der Waals surface area contributed by atoms with Crippen LogP contribution in [0.3, 0.4) is 0 Å². The molecule has 1 fully saturated rings. The van der Waals surface area contributed by atoms with Crippen molar-refractivity contribution in [2.24, 2.45) is 17.6 Å². The normalized spacial score (nSPS) is 19.2. The lowest BCUT2D eigenvalue weighted by Crippen LogP contribution is -2.21. The van der Waals surface area contributed by atoms with Crippen LogP contribution in [0.5, 0.6) is 0 Å². The van der Waals surface area contributed by atoms with E-state index in [2.05, 4.69) is 55.1 Å². The quantitative estimate of drug-likeness (QED) is 0.918. The third-order valence-corrected chi connectivity index (χ3v) is 4.72. The Morgan fingerprint density at radius 2 is 1.90 bits per heavy atom. The van der Waals surface area contributed by atoms with Crippen molar-refractivity contribution in [3.05, 3.63) is 42.0 Å². The molecule has 1 saturated heterocycles. The smallest absolute Gasteiger partial charge is 0.0446 e. The second-order valence-electron chi connectivity index (χ2n) is 6.23. The third kappa shape index (κ3) is 2.29. The molecule has 0 aliphatic carbocycles. The first-order valence-electron chi connectivity index (χ1n) is 7.66. The van der Waals surface area contributed by atoms with Crippen molar-refractivity contribution in [2.45, 2.75) is 26.8 Å². The Hall–Kier alpha value is -1.54. The highest BCUT2D eigenvalue weighted by Gasteiger charge is 2.25. The Labute approximate surface area is 121 Å². The summed E-state index contributed by atoms with van der Waals surface area (Å²) in [5.74, 6) is 1.59. The second kappa shape index (κ2) is 5.45. The lowest BCUT2D eigenvalue weighted by atomic mass is 9.95. The van der Waals surface area contributed by atoms with Crippen LogP contribution in [0.15, 0.2) is 36.4 Å². The molecule has 0 amide bonds. The zero-order chi connectivity index (χ0) is 14.1. The highest BCUT2D eigenvalue weighted by atomic mass is 15.2. The number of fused-ring (bicyclic) bond motifs is 1. The summed E-state index contributed by atoms with van der Waals surface area (Å²) in [5.41, 5.74) is 8.48. The molecule has 1 aliphatic heterocycles. The van der Waals surface area contributed by atoms with Crippen LogP contribution in [-0.4, -0.2) is 13.1 Å². The second-order valence-corrected chi connectivity index (χ2v) is 6.23. The molecule has 1 unspecified atom stereocenters. The standard InChI is InChI=1S/C18H24N2/c1-13(2)15-9-10-20(12-15)18-8-7-14(11-19)16-5-3-4-6-17(16)18/h3-8,13,15H,9-12,19H2,1-2H3. The van der Waals surface area contributed by atoms with Gasteiger partial charge in [-0.1, -0.05) is 44.2 Å². The van der Waals surface area contributed by atoms with Crippen LogP contribution in [0, 0.1) is 11.8 Å². The van der Waals surface area contributed by atoms with E-state index in [0.29, 0.717) is 6.54 Å². The van der Waals surface area contributed by atoms with E-state index < -0.39 is 0 Å². The molecule has 0 aromatic heterocycles. The molecule has 20 heavy (non-hydrogen) atoms. The monoisotopic (exact) mass is 268 g/mol. The van der Waals surface area contributed by atoms with Crippen LogP contribution < -0.4 is 10.6 Å². The van der Waals surface area contributed by atoms with Gasteiger partial charge in [0.25, 0.3) is 0 Å². The van der Waals surface area contributed by atoms with Crippen molar-refractivity contribution < 1.29 is 0 Å². The highest BCUT2D eigenvalue weighted by molar-refractivity contribution is 5.96. The molecule has 2 aromatic carbocycles. The van der Waals surface area contributed by atoms with Gasteiger partial charge in [-0.25, -0.2) is 0 Å². The molecule has 1 aliphatic rings. The maximum Gasteiger partial charge on any atom is 0.0446 e. The van der Waals surface area contributed by atoms with Gasteiger partial charge in [0.05, 0.1) is 0 Å². The molecule has 106 valence electrons. The number of hydrogen-bond donors (Lipinski definition) is 1. The van der Waals surface area contributed by atoms with Gasteiger partial charge in [0.15, 0.2) is 0 Å².